The zero-order chi connectivity index (χ0) is 19.3. The molecule has 1 amide bonds. The van der Waals surface area contributed by atoms with Gasteiger partial charge < -0.3 is 15.4 Å². The first kappa shape index (κ1) is 18.4. The SMILES string of the molecule is Cc1c(C(=O)NCCOc2ccc3ccccc3c2)nnn1C1CCNCC1. The van der Waals surface area contributed by atoms with Crippen LogP contribution in [0.25, 0.3) is 10.8 Å². The van der Waals surface area contributed by atoms with Crippen LogP contribution in [0.1, 0.15) is 35.1 Å². The van der Waals surface area contributed by atoms with Gasteiger partial charge in [0.15, 0.2) is 5.69 Å². The van der Waals surface area contributed by atoms with E-state index in [0.29, 0.717) is 24.9 Å². The van der Waals surface area contributed by atoms with Gasteiger partial charge in [0.1, 0.15) is 12.4 Å². The normalized spacial score (nSPS) is 14.9. The summed E-state index contributed by atoms with van der Waals surface area (Å²) in [4.78, 5) is 12.5. The molecule has 4 rings (SSSR count). The molecule has 1 fully saturated rings. The molecule has 0 unspecified atom stereocenters. The van der Waals surface area contributed by atoms with E-state index < -0.39 is 0 Å². The van der Waals surface area contributed by atoms with E-state index in [0.717, 1.165) is 42.8 Å². The van der Waals surface area contributed by atoms with Crippen molar-refractivity contribution in [2.24, 2.45) is 0 Å². The Bertz CT molecular complexity index is 962. The maximum atomic E-state index is 12.5. The predicted molar refractivity (Wildman–Crippen MR) is 108 cm³/mol. The van der Waals surface area contributed by atoms with Crippen molar-refractivity contribution in [2.45, 2.75) is 25.8 Å². The summed E-state index contributed by atoms with van der Waals surface area (Å²) in [7, 11) is 0. The summed E-state index contributed by atoms with van der Waals surface area (Å²) in [5.41, 5.74) is 1.21. The first-order valence-electron chi connectivity index (χ1n) is 9.74. The molecule has 1 saturated heterocycles. The second-order valence-electron chi connectivity index (χ2n) is 7.06. The molecule has 2 aromatic carbocycles. The van der Waals surface area contributed by atoms with Gasteiger partial charge in [-0.2, -0.15) is 0 Å². The maximum absolute atomic E-state index is 12.5. The molecule has 146 valence electrons. The third-order valence-corrected chi connectivity index (χ3v) is 5.17. The van der Waals surface area contributed by atoms with Crippen LogP contribution in [0.15, 0.2) is 42.5 Å². The first-order valence-corrected chi connectivity index (χ1v) is 9.74. The number of hydrogen-bond donors (Lipinski definition) is 2. The van der Waals surface area contributed by atoms with E-state index in [1.54, 1.807) is 0 Å². The molecule has 7 nitrogen and oxygen atoms in total. The lowest BCUT2D eigenvalue weighted by molar-refractivity contribution is 0.0941. The largest absolute Gasteiger partial charge is 0.492 e. The summed E-state index contributed by atoms with van der Waals surface area (Å²) in [6.07, 6.45) is 2.01. The van der Waals surface area contributed by atoms with Crippen molar-refractivity contribution in [1.29, 1.82) is 0 Å². The molecular weight excluding hydrogens is 354 g/mol. The lowest BCUT2D eigenvalue weighted by Crippen LogP contribution is -2.31. The van der Waals surface area contributed by atoms with Gasteiger partial charge >= 0.3 is 0 Å². The molecule has 7 heteroatoms. The molecule has 0 aliphatic carbocycles. The highest BCUT2D eigenvalue weighted by Gasteiger charge is 2.22. The van der Waals surface area contributed by atoms with Gasteiger partial charge in [0, 0.05) is 0 Å². The van der Waals surface area contributed by atoms with Gasteiger partial charge in [-0.15, -0.1) is 5.10 Å². The molecule has 0 spiro atoms. The van der Waals surface area contributed by atoms with Crippen molar-refractivity contribution in [2.75, 3.05) is 26.2 Å². The van der Waals surface area contributed by atoms with Gasteiger partial charge in [-0.3, -0.25) is 4.79 Å². The van der Waals surface area contributed by atoms with Crippen molar-refractivity contribution in [1.82, 2.24) is 25.6 Å². The third kappa shape index (κ3) is 3.99. The minimum atomic E-state index is -0.209. The number of fused-ring (bicyclic) bond motifs is 1. The van der Waals surface area contributed by atoms with Crippen LogP contribution >= 0.6 is 0 Å². The van der Waals surface area contributed by atoms with Crippen LogP contribution in [0.4, 0.5) is 0 Å². The monoisotopic (exact) mass is 379 g/mol. The van der Waals surface area contributed by atoms with Crippen LogP contribution < -0.4 is 15.4 Å². The lowest BCUT2D eigenvalue weighted by Gasteiger charge is -2.23. The van der Waals surface area contributed by atoms with E-state index >= 15 is 0 Å². The second-order valence-corrected chi connectivity index (χ2v) is 7.06. The molecule has 0 bridgehead atoms. The topological polar surface area (TPSA) is 81.1 Å². The number of amides is 1. The number of ether oxygens (including phenoxy) is 1. The van der Waals surface area contributed by atoms with E-state index in [1.165, 1.54) is 5.39 Å². The molecular formula is C21H25N5O2. The molecule has 0 atom stereocenters. The second kappa shape index (κ2) is 8.39. The molecule has 0 radical (unpaired) electrons. The number of hydrogen-bond acceptors (Lipinski definition) is 5. The molecule has 0 saturated carbocycles. The van der Waals surface area contributed by atoms with Crippen molar-refractivity contribution < 1.29 is 9.53 Å². The summed E-state index contributed by atoms with van der Waals surface area (Å²) in [5, 5.41) is 16.8. The Morgan fingerprint density at radius 2 is 2.00 bits per heavy atom. The average molecular weight is 379 g/mol. The van der Waals surface area contributed by atoms with Gasteiger partial charge in [0.05, 0.1) is 18.3 Å². The summed E-state index contributed by atoms with van der Waals surface area (Å²) in [6.45, 7) is 4.65. The zero-order valence-corrected chi connectivity index (χ0v) is 16.0. The Balaban J connectivity index is 1.30. The van der Waals surface area contributed by atoms with E-state index in [4.69, 9.17) is 4.74 Å². The molecule has 2 heterocycles. The molecule has 3 aromatic rings. The fourth-order valence-electron chi connectivity index (χ4n) is 3.62. The van der Waals surface area contributed by atoms with E-state index in [1.807, 2.05) is 41.9 Å². The van der Waals surface area contributed by atoms with Crippen molar-refractivity contribution in [3.63, 3.8) is 0 Å². The van der Waals surface area contributed by atoms with Gasteiger partial charge in [-0.05, 0) is 55.8 Å². The minimum Gasteiger partial charge on any atom is -0.492 e. The van der Waals surface area contributed by atoms with Crippen LogP contribution in [-0.4, -0.2) is 47.1 Å². The maximum Gasteiger partial charge on any atom is 0.273 e. The summed E-state index contributed by atoms with van der Waals surface area (Å²) >= 11 is 0. The standard InChI is InChI=1S/C21H25N5O2/c1-15-20(24-25-26(15)18-8-10-22-11-9-18)21(27)23-12-13-28-19-7-6-16-4-2-3-5-17(16)14-19/h2-7,14,18,22H,8-13H2,1H3,(H,23,27). The van der Waals surface area contributed by atoms with Crippen LogP contribution in [0, 0.1) is 6.92 Å². The van der Waals surface area contributed by atoms with E-state index in [-0.39, 0.29) is 5.91 Å². The highest BCUT2D eigenvalue weighted by atomic mass is 16.5. The number of piperidine rings is 1. The van der Waals surface area contributed by atoms with Crippen molar-refractivity contribution in [3.05, 3.63) is 53.9 Å². The Morgan fingerprint density at radius 3 is 2.82 bits per heavy atom. The number of carbonyl (C=O) groups excluding carboxylic acids is 1. The lowest BCUT2D eigenvalue weighted by atomic mass is 10.1. The molecule has 1 aliphatic rings. The molecule has 1 aromatic heterocycles. The van der Waals surface area contributed by atoms with Crippen molar-refractivity contribution in [3.8, 4) is 5.75 Å². The van der Waals surface area contributed by atoms with Crippen molar-refractivity contribution >= 4 is 16.7 Å². The first-order chi connectivity index (χ1) is 13.7. The number of rotatable bonds is 6. The van der Waals surface area contributed by atoms with Gasteiger partial charge in [-0.1, -0.05) is 35.5 Å². The Hall–Kier alpha value is -2.93. The van der Waals surface area contributed by atoms with Crippen LogP contribution in [0.5, 0.6) is 5.75 Å². The number of nitrogens with one attached hydrogen (secondary N) is 2. The van der Waals surface area contributed by atoms with Gasteiger partial charge in [0.25, 0.3) is 5.91 Å². The van der Waals surface area contributed by atoms with Crippen LogP contribution in [-0.2, 0) is 0 Å². The fraction of sp³-hybridized carbons (Fsp3) is 0.381. The fourth-order valence-corrected chi connectivity index (χ4v) is 3.62. The number of carbonyl (C=O) groups is 1. The molecule has 28 heavy (non-hydrogen) atoms. The van der Waals surface area contributed by atoms with Gasteiger partial charge in [0.2, 0.25) is 0 Å². The Kier molecular flexibility index (Phi) is 5.53. The quantitative estimate of drug-likeness (QED) is 0.643. The Morgan fingerprint density at radius 1 is 1.21 bits per heavy atom. The third-order valence-electron chi connectivity index (χ3n) is 5.17. The average Bonchev–Trinajstić information content (AvgIpc) is 3.13. The zero-order valence-electron chi connectivity index (χ0n) is 16.0. The smallest absolute Gasteiger partial charge is 0.273 e. The van der Waals surface area contributed by atoms with E-state index in [2.05, 4.69) is 33.1 Å². The predicted octanol–water partition coefficient (Wildman–Crippen LogP) is 2.47. The van der Waals surface area contributed by atoms with E-state index in [9.17, 15) is 4.79 Å². The highest BCUT2D eigenvalue weighted by molar-refractivity contribution is 5.93. The Labute approximate surface area is 164 Å². The highest BCUT2D eigenvalue weighted by Crippen LogP contribution is 2.21. The van der Waals surface area contributed by atoms with Gasteiger partial charge in [-0.25, -0.2) is 4.68 Å². The summed E-state index contributed by atoms with van der Waals surface area (Å²) in [5.74, 6) is 0.584. The minimum absolute atomic E-state index is 0.209. The summed E-state index contributed by atoms with van der Waals surface area (Å²) in [6, 6.07) is 14.4. The number of nitrogens with zero attached hydrogens (tertiary/aromatic N) is 3. The number of aromatic nitrogens is 3. The number of benzene rings is 2. The molecule has 2 N–H and O–H groups in total. The molecule has 1 aliphatic heterocycles. The van der Waals surface area contributed by atoms with Crippen LogP contribution in [0.2, 0.25) is 0 Å². The summed E-state index contributed by atoms with van der Waals surface area (Å²) < 4.78 is 7.66. The van der Waals surface area contributed by atoms with Crippen LogP contribution in [0.3, 0.4) is 0 Å².